The molecule has 0 fully saturated rings. The van der Waals surface area contributed by atoms with Crippen LogP contribution in [-0.4, -0.2) is 11.1 Å². The maximum atomic E-state index is 10.7. The van der Waals surface area contributed by atoms with Crippen LogP contribution < -0.4 is 5.73 Å². The molecule has 0 saturated heterocycles. The first-order valence-electron chi connectivity index (χ1n) is 4.69. The molecule has 3 nitrogen and oxygen atoms in total. The molecule has 0 spiro atoms. The SMILES string of the molecule is Cc1c(C[C@H](C)C(=O)O)ccc(Cl)c1N. The summed E-state index contributed by atoms with van der Waals surface area (Å²) in [6.45, 7) is 3.53. The summed E-state index contributed by atoms with van der Waals surface area (Å²) in [6.07, 6.45) is 0.475. The Balaban J connectivity index is 2.97. The number of hydrogen-bond donors (Lipinski definition) is 2. The van der Waals surface area contributed by atoms with Crippen LogP contribution >= 0.6 is 11.6 Å². The van der Waals surface area contributed by atoms with Gasteiger partial charge in [-0.1, -0.05) is 24.6 Å². The van der Waals surface area contributed by atoms with Crippen molar-refractivity contribution >= 4 is 23.3 Å². The summed E-state index contributed by atoms with van der Waals surface area (Å²) in [7, 11) is 0. The predicted octanol–water partition coefficient (Wildman–Crippen LogP) is 2.49. The third kappa shape index (κ3) is 2.63. The highest BCUT2D eigenvalue weighted by molar-refractivity contribution is 6.33. The lowest BCUT2D eigenvalue weighted by Crippen LogP contribution is -2.13. The molecule has 15 heavy (non-hydrogen) atoms. The van der Waals surface area contributed by atoms with E-state index in [-0.39, 0.29) is 0 Å². The van der Waals surface area contributed by atoms with Crippen molar-refractivity contribution in [2.75, 3.05) is 5.73 Å². The van der Waals surface area contributed by atoms with E-state index in [1.807, 2.05) is 13.0 Å². The van der Waals surface area contributed by atoms with Crippen molar-refractivity contribution in [3.63, 3.8) is 0 Å². The Hall–Kier alpha value is -1.22. The van der Waals surface area contributed by atoms with Crippen molar-refractivity contribution in [1.29, 1.82) is 0 Å². The first-order valence-corrected chi connectivity index (χ1v) is 5.07. The van der Waals surface area contributed by atoms with Gasteiger partial charge < -0.3 is 10.8 Å². The second-order valence-corrected chi connectivity index (χ2v) is 4.10. The Morgan fingerprint density at radius 3 is 2.73 bits per heavy atom. The fourth-order valence-corrected chi connectivity index (χ4v) is 1.58. The zero-order valence-corrected chi connectivity index (χ0v) is 9.51. The number of aliphatic carboxylic acids is 1. The van der Waals surface area contributed by atoms with Gasteiger partial charge in [0, 0.05) is 0 Å². The van der Waals surface area contributed by atoms with E-state index in [1.54, 1.807) is 13.0 Å². The second-order valence-electron chi connectivity index (χ2n) is 3.69. The lowest BCUT2D eigenvalue weighted by atomic mass is 9.96. The smallest absolute Gasteiger partial charge is 0.306 e. The van der Waals surface area contributed by atoms with Gasteiger partial charge in [0.1, 0.15) is 0 Å². The maximum absolute atomic E-state index is 10.7. The summed E-state index contributed by atoms with van der Waals surface area (Å²) in [6, 6.07) is 3.53. The van der Waals surface area contributed by atoms with E-state index in [2.05, 4.69) is 0 Å². The molecule has 1 aromatic rings. The van der Waals surface area contributed by atoms with E-state index < -0.39 is 11.9 Å². The number of carbonyl (C=O) groups is 1. The monoisotopic (exact) mass is 227 g/mol. The third-order valence-corrected chi connectivity index (χ3v) is 2.85. The van der Waals surface area contributed by atoms with E-state index in [1.165, 1.54) is 0 Å². The van der Waals surface area contributed by atoms with E-state index in [0.29, 0.717) is 17.1 Å². The molecule has 3 N–H and O–H groups in total. The molecule has 0 aliphatic carbocycles. The standard InChI is InChI=1S/C11H14ClNO2/c1-6(11(14)15)5-8-3-4-9(12)10(13)7(8)2/h3-4,6H,5,13H2,1-2H3,(H,14,15)/t6-/m0/s1. The Kier molecular flexibility index (Phi) is 3.58. The topological polar surface area (TPSA) is 63.3 Å². The maximum Gasteiger partial charge on any atom is 0.306 e. The molecule has 1 rings (SSSR count). The van der Waals surface area contributed by atoms with Crippen LogP contribution in [0.5, 0.6) is 0 Å². The number of nitrogen functional groups attached to an aromatic ring is 1. The van der Waals surface area contributed by atoms with E-state index in [9.17, 15) is 4.79 Å². The number of anilines is 1. The molecule has 0 radical (unpaired) electrons. The number of carboxylic acids is 1. The first-order chi connectivity index (χ1) is 6.93. The van der Waals surface area contributed by atoms with E-state index in [4.69, 9.17) is 22.4 Å². The van der Waals surface area contributed by atoms with Gasteiger partial charge in [0.05, 0.1) is 16.6 Å². The van der Waals surface area contributed by atoms with E-state index in [0.717, 1.165) is 11.1 Å². The van der Waals surface area contributed by atoms with Gasteiger partial charge in [-0.05, 0) is 30.5 Å². The van der Waals surface area contributed by atoms with Gasteiger partial charge in [-0.25, -0.2) is 0 Å². The molecule has 0 aliphatic rings. The van der Waals surface area contributed by atoms with Crippen molar-refractivity contribution in [1.82, 2.24) is 0 Å². The van der Waals surface area contributed by atoms with Crippen LogP contribution in [0, 0.1) is 12.8 Å². The molecule has 0 amide bonds. The zero-order chi connectivity index (χ0) is 11.6. The van der Waals surface area contributed by atoms with Crippen LogP contribution in [0.15, 0.2) is 12.1 Å². The lowest BCUT2D eigenvalue weighted by molar-refractivity contribution is -0.141. The van der Waals surface area contributed by atoms with Crippen molar-refractivity contribution in [3.8, 4) is 0 Å². The highest BCUT2D eigenvalue weighted by atomic mass is 35.5. The summed E-state index contributed by atoms with van der Waals surface area (Å²) >= 11 is 5.84. The molecular weight excluding hydrogens is 214 g/mol. The quantitative estimate of drug-likeness (QED) is 0.780. The first kappa shape index (κ1) is 11.9. The molecule has 0 aromatic heterocycles. The molecule has 4 heteroatoms. The van der Waals surface area contributed by atoms with Crippen LogP contribution in [0.2, 0.25) is 5.02 Å². The van der Waals surface area contributed by atoms with Gasteiger partial charge in [0.15, 0.2) is 0 Å². The Morgan fingerprint density at radius 2 is 2.20 bits per heavy atom. The molecule has 1 aromatic carbocycles. The Morgan fingerprint density at radius 1 is 1.60 bits per heavy atom. The van der Waals surface area contributed by atoms with Crippen LogP contribution in [0.3, 0.4) is 0 Å². The molecule has 1 atom stereocenters. The highest BCUT2D eigenvalue weighted by Gasteiger charge is 2.14. The molecular formula is C11H14ClNO2. The molecule has 0 unspecified atom stereocenters. The number of hydrogen-bond acceptors (Lipinski definition) is 2. The van der Waals surface area contributed by atoms with Gasteiger partial charge in [-0.15, -0.1) is 0 Å². The van der Waals surface area contributed by atoms with Crippen LogP contribution in [0.4, 0.5) is 5.69 Å². The number of nitrogens with two attached hydrogens (primary N) is 1. The van der Waals surface area contributed by atoms with Crippen molar-refractivity contribution in [2.45, 2.75) is 20.3 Å². The van der Waals surface area contributed by atoms with Crippen molar-refractivity contribution in [2.24, 2.45) is 5.92 Å². The average molecular weight is 228 g/mol. The van der Waals surface area contributed by atoms with Gasteiger partial charge in [0.25, 0.3) is 0 Å². The molecule has 0 heterocycles. The summed E-state index contributed by atoms with van der Waals surface area (Å²) < 4.78 is 0. The minimum absolute atomic E-state index is 0.413. The second kappa shape index (κ2) is 4.53. The fourth-order valence-electron chi connectivity index (χ4n) is 1.38. The van der Waals surface area contributed by atoms with Gasteiger partial charge >= 0.3 is 5.97 Å². The molecule has 0 saturated carbocycles. The summed E-state index contributed by atoms with van der Waals surface area (Å²) in [5.74, 6) is -1.22. The highest BCUT2D eigenvalue weighted by Crippen LogP contribution is 2.26. The van der Waals surface area contributed by atoms with Gasteiger partial charge in [-0.3, -0.25) is 4.79 Å². The number of halogens is 1. The summed E-state index contributed by atoms with van der Waals surface area (Å²) in [4.78, 5) is 10.7. The summed E-state index contributed by atoms with van der Waals surface area (Å²) in [5, 5.41) is 9.31. The normalized spacial score (nSPS) is 12.5. The minimum Gasteiger partial charge on any atom is -0.481 e. The van der Waals surface area contributed by atoms with Crippen molar-refractivity contribution < 1.29 is 9.90 Å². The number of carboxylic acid groups (broad SMARTS) is 1. The molecule has 82 valence electrons. The van der Waals surface area contributed by atoms with Gasteiger partial charge in [0.2, 0.25) is 0 Å². The predicted molar refractivity (Wildman–Crippen MR) is 61.1 cm³/mol. The minimum atomic E-state index is -0.803. The fraction of sp³-hybridized carbons (Fsp3) is 0.364. The van der Waals surface area contributed by atoms with Crippen LogP contribution in [0.1, 0.15) is 18.1 Å². The van der Waals surface area contributed by atoms with Gasteiger partial charge in [-0.2, -0.15) is 0 Å². The van der Waals surface area contributed by atoms with Crippen molar-refractivity contribution in [3.05, 3.63) is 28.3 Å². The lowest BCUT2D eigenvalue weighted by Gasteiger charge is -2.12. The Bertz CT molecular complexity index is 390. The molecule has 0 aliphatic heterocycles. The number of rotatable bonds is 3. The van der Waals surface area contributed by atoms with E-state index >= 15 is 0 Å². The Labute approximate surface area is 93.9 Å². The molecule has 0 bridgehead atoms. The largest absolute Gasteiger partial charge is 0.481 e. The number of benzene rings is 1. The van der Waals surface area contributed by atoms with Crippen LogP contribution in [0.25, 0.3) is 0 Å². The third-order valence-electron chi connectivity index (χ3n) is 2.52. The zero-order valence-electron chi connectivity index (χ0n) is 8.75. The summed E-state index contributed by atoms with van der Waals surface area (Å²) in [5.41, 5.74) is 8.10. The van der Waals surface area contributed by atoms with Crippen LogP contribution in [-0.2, 0) is 11.2 Å². The average Bonchev–Trinajstić information content (AvgIpc) is 2.18.